The van der Waals surface area contributed by atoms with Gasteiger partial charge in [-0.2, -0.15) is 15.8 Å². The minimum atomic E-state index is 0.466. The zero-order chi connectivity index (χ0) is 7.90. The molecule has 0 N–H and O–H groups in total. The monoisotopic (exact) mass is 278 g/mol. The van der Waals surface area contributed by atoms with Crippen LogP contribution in [0.15, 0.2) is 0 Å². The largest absolute Gasteiger partial charge is 0.242 e. The maximum absolute atomic E-state index is 3.90. The van der Waals surface area contributed by atoms with Gasteiger partial charge < -0.3 is 0 Å². The summed E-state index contributed by atoms with van der Waals surface area (Å²) in [6.45, 7) is 0. The van der Waals surface area contributed by atoms with Gasteiger partial charge in [0.2, 0.25) is 5.54 Å². The lowest BCUT2D eigenvalue weighted by atomic mass is 9.43. The average Bonchev–Trinajstić information content (AvgIpc) is 1.93. The fourth-order valence-corrected chi connectivity index (χ4v) is 4.50. The Morgan fingerprint density at radius 3 is 2.09 bits per heavy atom. The highest BCUT2D eigenvalue weighted by Crippen LogP contribution is 2.51. The Morgan fingerprint density at radius 2 is 1.73 bits per heavy atom. The SMILES string of the molecule is BrB1C2CCCC1(Br)CCC2. The van der Waals surface area contributed by atoms with Gasteiger partial charge in [0.1, 0.15) is 0 Å². The number of rotatable bonds is 0. The third-order valence-electron chi connectivity index (χ3n) is 3.24. The van der Waals surface area contributed by atoms with Crippen molar-refractivity contribution in [1.29, 1.82) is 0 Å². The molecule has 0 aromatic carbocycles. The molecule has 2 bridgehead atoms. The van der Waals surface area contributed by atoms with E-state index in [0.29, 0.717) is 4.22 Å². The van der Waals surface area contributed by atoms with E-state index in [-0.39, 0.29) is 0 Å². The first-order chi connectivity index (χ1) is 5.22. The first-order valence-electron chi connectivity index (χ1n) is 4.55. The van der Waals surface area contributed by atoms with Crippen molar-refractivity contribution in [3.63, 3.8) is 0 Å². The Balaban J connectivity index is 2.17. The molecule has 2 fully saturated rings. The van der Waals surface area contributed by atoms with Crippen LogP contribution in [0.4, 0.5) is 0 Å². The number of halogens is 2. The van der Waals surface area contributed by atoms with Crippen LogP contribution in [0.25, 0.3) is 0 Å². The summed E-state index contributed by atoms with van der Waals surface area (Å²) in [5.41, 5.74) is 0.748. The van der Waals surface area contributed by atoms with Gasteiger partial charge in [-0.3, -0.25) is 0 Å². The van der Waals surface area contributed by atoms with Crippen LogP contribution in [0.2, 0.25) is 5.82 Å². The number of alkyl halides is 1. The number of hydrogen-bond donors (Lipinski definition) is 0. The molecule has 11 heavy (non-hydrogen) atoms. The third kappa shape index (κ3) is 1.43. The van der Waals surface area contributed by atoms with Crippen molar-refractivity contribution in [2.45, 2.75) is 48.6 Å². The fourth-order valence-electron chi connectivity index (χ4n) is 2.58. The predicted molar refractivity (Wildman–Crippen MR) is 57.8 cm³/mol. The van der Waals surface area contributed by atoms with Crippen LogP contribution in [0.3, 0.4) is 0 Å². The van der Waals surface area contributed by atoms with E-state index in [1.807, 2.05) is 0 Å². The molecule has 2 heterocycles. The van der Waals surface area contributed by atoms with Gasteiger partial charge in [0.15, 0.2) is 0 Å². The second-order valence-electron chi connectivity index (χ2n) is 3.98. The Morgan fingerprint density at radius 1 is 1.18 bits per heavy atom. The highest BCUT2D eigenvalue weighted by Gasteiger charge is 2.47. The Labute approximate surface area is 85.7 Å². The number of fused-ring (bicyclic) bond motifs is 2. The predicted octanol–water partition coefficient (Wildman–Crippen LogP) is 3.78. The Hall–Kier alpha value is 1.02. The summed E-state index contributed by atoms with van der Waals surface area (Å²) in [6, 6.07) is 0. The molecule has 0 aliphatic carbocycles. The zero-order valence-corrected chi connectivity index (χ0v) is 9.83. The van der Waals surface area contributed by atoms with Crippen LogP contribution < -0.4 is 0 Å². The van der Waals surface area contributed by atoms with E-state index in [0.717, 1.165) is 11.4 Å². The van der Waals surface area contributed by atoms with Gasteiger partial charge in [-0.25, -0.2) is 0 Å². The quantitative estimate of drug-likeness (QED) is 0.468. The van der Waals surface area contributed by atoms with Crippen molar-refractivity contribution in [2.24, 2.45) is 0 Å². The summed E-state index contributed by atoms with van der Waals surface area (Å²) in [5.74, 6) is 0.955. The molecule has 0 atom stereocenters. The van der Waals surface area contributed by atoms with Gasteiger partial charge in [0.25, 0.3) is 0 Å². The van der Waals surface area contributed by atoms with Crippen LogP contribution in [0.5, 0.6) is 0 Å². The van der Waals surface area contributed by atoms with E-state index in [1.165, 1.54) is 38.5 Å². The summed E-state index contributed by atoms with van der Waals surface area (Å²) in [6.07, 6.45) is 8.50. The molecule has 0 aromatic rings. The van der Waals surface area contributed by atoms with Crippen LogP contribution in [-0.2, 0) is 0 Å². The summed E-state index contributed by atoms with van der Waals surface area (Å²) < 4.78 is 0.466. The molecule has 0 unspecified atom stereocenters. The first kappa shape index (κ1) is 8.62. The van der Waals surface area contributed by atoms with E-state index < -0.39 is 0 Å². The van der Waals surface area contributed by atoms with E-state index in [9.17, 15) is 0 Å². The average molecular weight is 280 g/mol. The van der Waals surface area contributed by atoms with E-state index >= 15 is 0 Å². The standard InChI is InChI=1S/C8H13BBr2/c10-8-5-1-3-7(9(8)11)4-2-6-8/h7H,1-6H2. The topological polar surface area (TPSA) is 0 Å². The van der Waals surface area contributed by atoms with E-state index in [2.05, 4.69) is 31.7 Å². The molecule has 2 rings (SSSR count). The van der Waals surface area contributed by atoms with Crippen LogP contribution >= 0.6 is 31.7 Å². The van der Waals surface area contributed by atoms with Crippen LogP contribution in [0, 0.1) is 0 Å². The van der Waals surface area contributed by atoms with Crippen molar-refractivity contribution < 1.29 is 0 Å². The summed E-state index contributed by atoms with van der Waals surface area (Å²) in [7, 11) is 0. The van der Waals surface area contributed by atoms with Gasteiger partial charge in [-0.15, -0.1) is 0 Å². The molecule has 2 saturated heterocycles. The van der Waals surface area contributed by atoms with Crippen molar-refractivity contribution >= 4 is 37.2 Å². The second-order valence-corrected chi connectivity index (χ2v) is 6.55. The highest BCUT2D eigenvalue weighted by molar-refractivity contribution is 9.26. The second kappa shape index (κ2) is 3.06. The number of hydrogen-bond acceptors (Lipinski definition) is 0. The molecule has 2 aliphatic heterocycles. The van der Waals surface area contributed by atoms with Crippen molar-refractivity contribution in [3.05, 3.63) is 0 Å². The molecule has 0 nitrogen and oxygen atoms in total. The summed E-state index contributed by atoms with van der Waals surface area (Å²) >= 11 is 7.75. The summed E-state index contributed by atoms with van der Waals surface area (Å²) in [4.78, 5) is 0. The molecular formula is C8H13BBr2. The van der Waals surface area contributed by atoms with Gasteiger partial charge in [-0.05, 0) is 12.8 Å². The van der Waals surface area contributed by atoms with Gasteiger partial charge in [0, 0.05) is 4.22 Å². The maximum atomic E-state index is 3.90. The minimum absolute atomic E-state index is 0.466. The molecular weight excluding hydrogens is 267 g/mol. The Bertz CT molecular complexity index is 150. The molecule has 0 radical (unpaired) electrons. The molecule has 0 saturated carbocycles. The van der Waals surface area contributed by atoms with E-state index in [1.54, 1.807) is 0 Å². The molecule has 3 heteroatoms. The third-order valence-corrected chi connectivity index (χ3v) is 6.77. The van der Waals surface area contributed by atoms with Crippen molar-refractivity contribution in [3.8, 4) is 0 Å². The minimum Gasteiger partial charge on any atom is -0.155 e. The van der Waals surface area contributed by atoms with Crippen LogP contribution in [0.1, 0.15) is 38.5 Å². The smallest absolute Gasteiger partial charge is 0.155 e. The van der Waals surface area contributed by atoms with Gasteiger partial charge in [-0.1, -0.05) is 47.4 Å². The maximum Gasteiger partial charge on any atom is 0.242 e. The first-order valence-corrected chi connectivity index (χ1v) is 6.26. The molecule has 62 valence electrons. The van der Waals surface area contributed by atoms with Crippen molar-refractivity contribution in [1.82, 2.24) is 0 Å². The van der Waals surface area contributed by atoms with Gasteiger partial charge >= 0.3 is 0 Å². The van der Waals surface area contributed by atoms with Crippen LogP contribution in [-0.4, -0.2) is 9.76 Å². The Kier molecular flexibility index (Phi) is 2.40. The zero-order valence-electron chi connectivity index (χ0n) is 6.65. The fraction of sp³-hybridized carbons (Fsp3) is 1.00. The lowest BCUT2D eigenvalue weighted by Crippen LogP contribution is -2.45. The molecule has 0 aromatic heterocycles. The van der Waals surface area contributed by atoms with Crippen molar-refractivity contribution in [2.75, 3.05) is 0 Å². The molecule has 2 aliphatic rings. The van der Waals surface area contributed by atoms with E-state index in [4.69, 9.17) is 0 Å². The normalized spacial score (nSPS) is 44.2. The van der Waals surface area contributed by atoms with Gasteiger partial charge in [0.05, 0.1) is 0 Å². The lowest BCUT2D eigenvalue weighted by molar-refractivity contribution is 0.441. The summed E-state index contributed by atoms with van der Waals surface area (Å²) in [5, 5.41) is 0. The lowest BCUT2D eigenvalue weighted by Gasteiger charge is -2.44. The highest BCUT2D eigenvalue weighted by atomic mass is 79.9. The molecule has 0 spiro atoms. The molecule has 0 amide bonds.